The van der Waals surface area contributed by atoms with E-state index < -0.39 is 0 Å². The zero-order valence-corrected chi connectivity index (χ0v) is 10.8. The lowest BCUT2D eigenvalue weighted by Crippen LogP contribution is -2.21. The Morgan fingerprint density at radius 1 is 1.40 bits per heavy atom. The minimum atomic E-state index is -0.171. The van der Waals surface area contributed by atoms with Gasteiger partial charge in [0.2, 0.25) is 0 Å². The molecule has 1 rings (SSSR count). The van der Waals surface area contributed by atoms with Crippen LogP contribution < -0.4 is 5.32 Å². The Hall–Kier alpha value is -0.410. The molecule has 1 N–H and O–H groups in total. The van der Waals surface area contributed by atoms with E-state index in [0.29, 0.717) is 5.92 Å². The van der Waals surface area contributed by atoms with E-state index in [0.717, 1.165) is 29.5 Å². The van der Waals surface area contributed by atoms with Gasteiger partial charge < -0.3 is 5.32 Å². The van der Waals surface area contributed by atoms with Crippen LogP contribution >= 0.6 is 15.9 Å². The van der Waals surface area contributed by atoms with Crippen LogP contribution in [0.25, 0.3) is 0 Å². The summed E-state index contributed by atoms with van der Waals surface area (Å²) in [7, 11) is 0. The molecule has 0 spiro atoms. The summed E-state index contributed by atoms with van der Waals surface area (Å²) in [4.78, 5) is 0. The Labute approximate surface area is 99.2 Å². The van der Waals surface area contributed by atoms with Crippen molar-refractivity contribution in [1.82, 2.24) is 5.32 Å². The molecule has 0 bridgehead atoms. The fourth-order valence-electron chi connectivity index (χ4n) is 1.59. The Morgan fingerprint density at radius 2 is 2.13 bits per heavy atom. The van der Waals surface area contributed by atoms with Crippen molar-refractivity contribution in [3.8, 4) is 0 Å². The first-order valence-corrected chi connectivity index (χ1v) is 6.06. The lowest BCUT2D eigenvalue weighted by atomic mass is 10.0. The fourth-order valence-corrected chi connectivity index (χ4v) is 2.11. The molecule has 0 heterocycles. The molecule has 84 valence electrons. The minimum Gasteiger partial charge on any atom is -0.317 e. The van der Waals surface area contributed by atoms with E-state index in [-0.39, 0.29) is 5.82 Å². The highest BCUT2D eigenvalue weighted by Gasteiger charge is 2.05. The lowest BCUT2D eigenvalue weighted by Gasteiger charge is -2.12. The van der Waals surface area contributed by atoms with Crippen LogP contribution in [0, 0.1) is 11.7 Å². The van der Waals surface area contributed by atoms with Crippen molar-refractivity contribution < 1.29 is 4.39 Å². The second-order valence-corrected chi connectivity index (χ2v) is 4.81. The van der Waals surface area contributed by atoms with Crippen LogP contribution in [0.15, 0.2) is 22.7 Å². The van der Waals surface area contributed by atoms with E-state index in [2.05, 4.69) is 35.1 Å². The van der Waals surface area contributed by atoms with Crippen LogP contribution in [-0.2, 0) is 6.42 Å². The topological polar surface area (TPSA) is 12.0 Å². The fraction of sp³-hybridized carbons (Fsp3) is 0.500. The standard InChI is InChI=1S/C12H17BrFN/c1-3-15-8-9(2)4-10-5-11(13)7-12(14)6-10/h5-7,9,15H,3-4,8H2,1-2H3. The Balaban J connectivity index is 2.56. The Bertz CT molecular complexity index is 294. The molecule has 0 saturated heterocycles. The van der Waals surface area contributed by atoms with E-state index >= 15 is 0 Å². The van der Waals surface area contributed by atoms with Gasteiger partial charge in [-0.15, -0.1) is 0 Å². The molecule has 0 amide bonds. The van der Waals surface area contributed by atoms with Gasteiger partial charge in [-0.1, -0.05) is 29.8 Å². The quantitative estimate of drug-likeness (QED) is 0.868. The molecule has 0 fully saturated rings. The number of rotatable bonds is 5. The van der Waals surface area contributed by atoms with Gasteiger partial charge in [0.25, 0.3) is 0 Å². The molecule has 1 atom stereocenters. The van der Waals surface area contributed by atoms with Crippen molar-refractivity contribution in [3.63, 3.8) is 0 Å². The molecule has 0 aromatic heterocycles. The third kappa shape index (κ3) is 4.76. The van der Waals surface area contributed by atoms with Crippen molar-refractivity contribution >= 4 is 15.9 Å². The summed E-state index contributed by atoms with van der Waals surface area (Å²) in [6, 6.07) is 5.07. The Kier molecular flexibility index (Phi) is 5.26. The maximum Gasteiger partial charge on any atom is 0.124 e. The molecule has 0 aliphatic rings. The number of hydrogen-bond donors (Lipinski definition) is 1. The van der Waals surface area contributed by atoms with E-state index in [1.54, 1.807) is 6.07 Å². The van der Waals surface area contributed by atoms with Gasteiger partial charge in [0.15, 0.2) is 0 Å². The normalized spacial score (nSPS) is 12.8. The van der Waals surface area contributed by atoms with E-state index in [1.807, 2.05) is 6.07 Å². The van der Waals surface area contributed by atoms with E-state index in [4.69, 9.17) is 0 Å². The predicted molar refractivity (Wildman–Crippen MR) is 65.5 cm³/mol. The summed E-state index contributed by atoms with van der Waals surface area (Å²) >= 11 is 3.30. The van der Waals surface area contributed by atoms with Crippen LogP contribution in [0.2, 0.25) is 0 Å². The number of benzene rings is 1. The average molecular weight is 274 g/mol. The molecule has 0 aliphatic heterocycles. The van der Waals surface area contributed by atoms with E-state index in [1.165, 1.54) is 6.07 Å². The molecule has 15 heavy (non-hydrogen) atoms. The predicted octanol–water partition coefficient (Wildman–Crippen LogP) is 3.38. The maximum atomic E-state index is 13.1. The Morgan fingerprint density at radius 3 is 2.73 bits per heavy atom. The van der Waals surface area contributed by atoms with Gasteiger partial charge in [-0.3, -0.25) is 0 Å². The van der Waals surface area contributed by atoms with Crippen LogP contribution in [0.4, 0.5) is 4.39 Å². The maximum absolute atomic E-state index is 13.1. The highest BCUT2D eigenvalue weighted by molar-refractivity contribution is 9.10. The number of nitrogens with one attached hydrogen (secondary N) is 1. The molecule has 1 nitrogen and oxygen atoms in total. The number of halogens is 2. The van der Waals surface area contributed by atoms with Gasteiger partial charge >= 0.3 is 0 Å². The van der Waals surface area contributed by atoms with Crippen molar-refractivity contribution in [2.45, 2.75) is 20.3 Å². The molecule has 3 heteroatoms. The monoisotopic (exact) mass is 273 g/mol. The van der Waals surface area contributed by atoms with Gasteiger partial charge in [-0.2, -0.15) is 0 Å². The van der Waals surface area contributed by atoms with Crippen molar-refractivity contribution in [2.75, 3.05) is 13.1 Å². The van der Waals surface area contributed by atoms with Gasteiger partial charge in [0.1, 0.15) is 5.82 Å². The molecule has 0 aliphatic carbocycles. The van der Waals surface area contributed by atoms with Crippen LogP contribution in [0.5, 0.6) is 0 Å². The summed E-state index contributed by atoms with van der Waals surface area (Å²) in [6.07, 6.45) is 0.906. The second-order valence-electron chi connectivity index (χ2n) is 3.89. The highest BCUT2D eigenvalue weighted by Crippen LogP contribution is 2.17. The molecule has 0 saturated carbocycles. The van der Waals surface area contributed by atoms with Crippen molar-refractivity contribution in [1.29, 1.82) is 0 Å². The molecule has 1 unspecified atom stereocenters. The highest BCUT2D eigenvalue weighted by atomic mass is 79.9. The van der Waals surface area contributed by atoms with Crippen LogP contribution in [0.1, 0.15) is 19.4 Å². The molecule has 1 aromatic rings. The van der Waals surface area contributed by atoms with Crippen molar-refractivity contribution in [3.05, 3.63) is 34.1 Å². The summed E-state index contributed by atoms with van der Waals surface area (Å²) < 4.78 is 13.9. The van der Waals surface area contributed by atoms with Gasteiger partial charge in [-0.05, 0) is 49.2 Å². The third-order valence-electron chi connectivity index (χ3n) is 2.25. The smallest absolute Gasteiger partial charge is 0.124 e. The van der Waals surface area contributed by atoms with Gasteiger partial charge in [0.05, 0.1) is 0 Å². The van der Waals surface area contributed by atoms with Gasteiger partial charge in [-0.25, -0.2) is 4.39 Å². The summed E-state index contributed by atoms with van der Waals surface area (Å²) in [6.45, 7) is 6.22. The lowest BCUT2D eigenvalue weighted by molar-refractivity contribution is 0.519. The average Bonchev–Trinajstić information content (AvgIpc) is 2.13. The molecular formula is C12H17BrFN. The summed E-state index contributed by atoms with van der Waals surface area (Å²) in [5.74, 6) is 0.355. The number of hydrogen-bond acceptors (Lipinski definition) is 1. The second kappa shape index (κ2) is 6.23. The van der Waals surface area contributed by atoms with Crippen molar-refractivity contribution in [2.24, 2.45) is 5.92 Å². The van der Waals surface area contributed by atoms with E-state index in [9.17, 15) is 4.39 Å². The third-order valence-corrected chi connectivity index (χ3v) is 2.71. The van der Waals surface area contributed by atoms with Crippen LogP contribution in [-0.4, -0.2) is 13.1 Å². The van der Waals surface area contributed by atoms with Crippen LogP contribution in [0.3, 0.4) is 0 Å². The molecule has 0 radical (unpaired) electrons. The zero-order chi connectivity index (χ0) is 11.3. The molecule has 1 aromatic carbocycles. The summed E-state index contributed by atoms with van der Waals surface area (Å²) in [5, 5.41) is 3.29. The summed E-state index contributed by atoms with van der Waals surface area (Å²) in [5.41, 5.74) is 1.05. The molecular weight excluding hydrogens is 257 g/mol. The first kappa shape index (κ1) is 12.7. The zero-order valence-electron chi connectivity index (χ0n) is 9.19. The minimum absolute atomic E-state index is 0.171. The first-order valence-electron chi connectivity index (χ1n) is 5.27. The van der Waals surface area contributed by atoms with Gasteiger partial charge in [0, 0.05) is 4.47 Å². The largest absolute Gasteiger partial charge is 0.317 e. The SMILES string of the molecule is CCNCC(C)Cc1cc(F)cc(Br)c1. The first-order chi connectivity index (χ1) is 7.11.